The Morgan fingerprint density at radius 1 is 1.69 bits per heavy atom. The van der Waals surface area contributed by atoms with Gasteiger partial charge in [-0.05, 0) is 13.3 Å². The summed E-state index contributed by atoms with van der Waals surface area (Å²) < 4.78 is 0. The van der Waals surface area contributed by atoms with E-state index in [1.165, 1.54) is 5.01 Å². The summed E-state index contributed by atoms with van der Waals surface area (Å²) >= 11 is 1.69. The molecule has 1 rings (SSSR count). The molecule has 3 nitrogen and oxygen atoms in total. The van der Waals surface area contributed by atoms with Gasteiger partial charge in [0.05, 0.1) is 16.8 Å². The molecule has 0 amide bonds. The minimum Gasteiger partial charge on any atom is -0.392 e. The Morgan fingerprint density at radius 2 is 2.46 bits per heavy atom. The number of aliphatic hydroxyl groups is 1. The second-order valence-corrected chi connectivity index (χ2v) is 4.01. The van der Waals surface area contributed by atoms with E-state index in [0.29, 0.717) is 6.54 Å². The van der Waals surface area contributed by atoms with Crippen LogP contribution in [0.1, 0.15) is 24.5 Å². The Bertz CT molecular complexity index is 248. The van der Waals surface area contributed by atoms with Crippen molar-refractivity contribution in [2.75, 3.05) is 6.54 Å². The molecule has 0 aliphatic carbocycles. The van der Waals surface area contributed by atoms with Crippen molar-refractivity contribution >= 4 is 11.3 Å². The fourth-order valence-electron chi connectivity index (χ4n) is 1.00. The van der Waals surface area contributed by atoms with Crippen molar-refractivity contribution in [2.24, 2.45) is 0 Å². The summed E-state index contributed by atoms with van der Waals surface area (Å²) in [5, 5.41) is 15.4. The Hall–Kier alpha value is -0.450. The van der Waals surface area contributed by atoms with E-state index in [9.17, 15) is 0 Å². The molecule has 1 unspecified atom stereocenters. The van der Waals surface area contributed by atoms with Crippen LogP contribution in [-0.2, 0) is 13.0 Å². The molecule has 1 aromatic heterocycles. The summed E-state index contributed by atoms with van der Waals surface area (Å²) in [6.07, 6.45) is 0.713. The van der Waals surface area contributed by atoms with Gasteiger partial charge in [0.2, 0.25) is 0 Å². The van der Waals surface area contributed by atoms with Gasteiger partial charge in [0.25, 0.3) is 0 Å². The van der Waals surface area contributed by atoms with Crippen LogP contribution < -0.4 is 5.32 Å². The van der Waals surface area contributed by atoms with E-state index in [1.54, 1.807) is 18.3 Å². The van der Waals surface area contributed by atoms with Crippen molar-refractivity contribution in [3.8, 4) is 0 Å². The van der Waals surface area contributed by atoms with Crippen molar-refractivity contribution < 1.29 is 5.11 Å². The van der Waals surface area contributed by atoms with Crippen LogP contribution >= 0.6 is 11.3 Å². The highest BCUT2D eigenvalue weighted by Crippen LogP contribution is 2.09. The lowest BCUT2D eigenvalue weighted by atomic mass is 10.4. The van der Waals surface area contributed by atoms with Crippen LogP contribution in [0.4, 0.5) is 0 Å². The molecule has 13 heavy (non-hydrogen) atoms. The molecule has 1 atom stereocenters. The highest BCUT2D eigenvalue weighted by molar-refractivity contribution is 7.09. The Morgan fingerprint density at radius 3 is 3.00 bits per heavy atom. The average Bonchev–Trinajstić information content (AvgIpc) is 2.52. The van der Waals surface area contributed by atoms with Gasteiger partial charge in [0.1, 0.15) is 0 Å². The smallest absolute Gasteiger partial charge is 0.0926 e. The third-order valence-corrected chi connectivity index (χ3v) is 2.69. The molecule has 74 valence electrons. The molecule has 0 fully saturated rings. The van der Waals surface area contributed by atoms with Gasteiger partial charge in [-0.25, -0.2) is 4.98 Å². The number of nitrogens with one attached hydrogen (secondary N) is 1. The van der Waals surface area contributed by atoms with Gasteiger partial charge in [-0.15, -0.1) is 11.3 Å². The second kappa shape index (κ2) is 5.32. The van der Waals surface area contributed by atoms with Crippen LogP contribution in [0.3, 0.4) is 0 Å². The number of hydrogen-bond acceptors (Lipinski definition) is 4. The summed E-state index contributed by atoms with van der Waals surface area (Å²) in [4.78, 5) is 4.40. The summed E-state index contributed by atoms with van der Waals surface area (Å²) in [7, 11) is 0. The van der Waals surface area contributed by atoms with Crippen molar-refractivity contribution in [1.82, 2.24) is 10.3 Å². The standard InChI is InChI=1S/C9H16N2OS/c1-3-9-11-8(6-13-9)5-10-4-7(2)12/h6-7,10,12H,3-5H2,1-2H3. The predicted molar refractivity (Wildman–Crippen MR) is 54.9 cm³/mol. The van der Waals surface area contributed by atoms with Gasteiger partial charge >= 0.3 is 0 Å². The summed E-state index contributed by atoms with van der Waals surface area (Å²) in [5.74, 6) is 0. The maximum absolute atomic E-state index is 9.00. The van der Waals surface area contributed by atoms with Crippen LogP contribution in [-0.4, -0.2) is 22.7 Å². The molecule has 4 heteroatoms. The molecule has 0 aliphatic heterocycles. The highest BCUT2D eigenvalue weighted by Gasteiger charge is 2.00. The molecule has 0 saturated heterocycles. The first-order valence-corrected chi connectivity index (χ1v) is 5.42. The summed E-state index contributed by atoms with van der Waals surface area (Å²) in [6, 6.07) is 0. The highest BCUT2D eigenvalue weighted by atomic mass is 32.1. The molecular formula is C9H16N2OS. The summed E-state index contributed by atoms with van der Waals surface area (Å²) in [6.45, 7) is 5.25. The van der Waals surface area contributed by atoms with Gasteiger partial charge in [0.15, 0.2) is 0 Å². The van der Waals surface area contributed by atoms with Crippen LogP contribution in [0, 0.1) is 0 Å². The van der Waals surface area contributed by atoms with Crippen LogP contribution in [0.5, 0.6) is 0 Å². The van der Waals surface area contributed by atoms with Crippen molar-refractivity contribution in [2.45, 2.75) is 32.9 Å². The fourth-order valence-corrected chi connectivity index (χ4v) is 1.75. The number of aliphatic hydroxyl groups excluding tert-OH is 1. The van der Waals surface area contributed by atoms with E-state index in [1.807, 2.05) is 0 Å². The lowest BCUT2D eigenvalue weighted by molar-refractivity contribution is 0.191. The van der Waals surface area contributed by atoms with Gasteiger partial charge in [0, 0.05) is 18.5 Å². The molecule has 0 aromatic carbocycles. The average molecular weight is 200 g/mol. The molecule has 0 radical (unpaired) electrons. The molecule has 0 aliphatic rings. The van der Waals surface area contributed by atoms with E-state index in [0.717, 1.165) is 18.7 Å². The Balaban J connectivity index is 2.28. The zero-order chi connectivity index (χ0) is 9.68. The molecule has 2 N–H and O–H groups in total. The Labute approximate surface area is 82.8 Å². The van der Waals surface area contributed by atoms with Crippen LogP contribution in [0.15, 0.2) is 5.38 Å². The van der Waals surface area contributed by atoms with E-state index in [-0.39, 0.29) is 6.10 Å². The molecule has 1 heterocycles. The van der Waals surface area contributed by atoms with Crippen LogP contribution in [0.25, 0.3) is 0 Å². The van der Waals surface area contributed by atoms with Crippen LogP contribution in [0.2, 0.25) is 0 Å². The first-order valence-electron chi connectivity index (χ1n) is 4.54. The second-order valence-electron chi connectivity index (χ2n) is 3.07. The van der Waals surface area contributed by atoms with Gasteiger partial charge in [-0.1, -0.05) is 6.92 Å². The number of thiazole rings is 1. The minimum atomic E-state index is -0.288. The third-order valence-electron chi connectivity index (χ3n) is 1.65. The molecule has 1 aromatic rings. The van der Waals surface area contributed by atoms with Crippen molar-refractivity contribution in [3.63, 3.8) is 0 Å². The third kappa shape index (κ3) is 3.85. The molecule has 0 saturated carbocycles. The number of nitrogens with zero attached hydrogens (tertiary/aromatic N) is 1. The van der Waals surface area contributed by atoms with Gasteiger partial charge < -0.3 is 10.4 Å². The topological polar surface area (TPSA) is 45.2 Å². The SMILES string of the molecule is CCc1nc(CNCC(C)O)cs1. The largest absolute Gasteiger partial charge is 0.392 e. The first kappa shape index (κ1) is 10.6. The maximum atomic E-state index is 9.00. The minimum absolute atomic E-state index is 0.288. The van der Waals surface area contributed by atoms with E-state index in [4.69, 9.17) is 5.11 Å². The zero-order valence-corrected chi connectivity index (χ0v) is 8.90. The van der Waals surface area contributed by atoms with Crippen molar-refractivity contribution in [3.05, 3.63) is 16.1 Å². The zero-order valence-electron chi connectivity index (χ0n) is 8.08. The Kier molecular flexibility index (Phi) is 4.35. The molecular weight excluding hydrogens is 184 g/mol. The number of rotatable bonds is 5. The van der Waals surface area contributed by atoms with Crippen molar-refractivity contribution in [1.29, 1.82) is 0 Å². The summed E-state index contributed by atoms with van der Waals surface area (Å²) in [5.41, 5.74) is 1.07. The molecule has 0 spiro atoms. The fraction of sp³-hybridized carbons (Fsp3) is 0.667. The lowest BCUT2D eigenvalue weighted by Gasteiger charge is -2.04. The van der Waals surface area contributed by atoms with Gasteiger partial charge in [-0.2, -0.15) is 0 Å². The van der Waals surface area contributed by atoms with E-state index in [2.05, 4.69) is 22.6 Å². The first-order chi connectivity index (χ1) is 6.22. The van der Waals surface area contributed by atoms with E-state index < -0.39 is 0 Å². The number of aromatic nitrogens is 1. The predicted octanol–water partition coefficient (Wildman–Crippen LogP) is 1.18. The number of aryl methyl sites for hydroxylation is 1. The quantitative estimate of drug-likeness (QED) is 0.750. The van der Waals surface area contributed by atoms with Gasteiger partial charge in [-0.3, -0.25) is 0 Å². The normalized spacial score (nSPS) is 13.2. The lowest BCUT2D eigenvalue weighted by Crippen LogP contribution is -2.23. The molecule has 0 bridgehead atoms. The monoisotopic (exact) mass is 200 g/mol. The number of hydrogen-bond donors (Lipinski definition) is 2. The maximum Gasteiger partial charge on any atom is 0.0926 e. The van der Waals surface area contributed by atoms with E-state index >= 15 is 0 Å².